The van der Waals surface area contributed by atoms with Crippen LogP contribution in [0.5, 0.6) is 5.75 Å². The van der Waals surface area contributed by atoms with Gasteiger partial charge in [-0.3, -0.25) is 0 Å². The Morgan fingerprint density at radius 2 is 2.20 bits per heavy atom. The summed E-state index contributed by atoms with van der Waals surface area (Å²) < 4.78 is 5.92. The van der Waals surface area contributed by atoms with Crippen molar-refractivity contribution in [1.29, 1.82) is 0 Å². The van der Waals surface area contributed by atoms with E-state index in [0.717, 1.165) is 43.2 Å². The van der Waals surface area contributed by atoms with Crippen LogP contribution in [0.4, 0.5) is 0 Å². The molecule has 0 radical (unpaired) electrons. The SMILES string of the molecule is CCNC1CC(C)(C)CCc2c3c(cc(Cl)c21)CCO3. The molecule has 1 N–H and O–H groups in total. The van der Waals surface area contributed by atoms with Gasteiger partial charge in [0.1, 0.15) is 5.75 Å². The molecule has 0 saturated heterocycles. The van der Waals surface area contributed by atoms with Gasteiger partial charge in [0.15, 0.2) is 0 Å². The third-order valence-electron chi connectivity index (χ3n) is 4.67. The standard InChI is InChI=1S/C17H24ClNO/c1-4-19-14-10-17(2,3)7-5-12-15(14)13(18)9-11-6-8-20-16(11)12/h9,14,19H,4-8,10H2,1-3H3. The number of ether oxygens (including phenoxy) is 1. The fraction of sp³-hybridized carbons (Fsp3) is 0.647. The molecule has 2 aliphatic rings. The monoisotopic (exact) mass is 293 g/mol. The zero-order valence-corrected chi connectivity index (χ0v) is 13.4. The molecular weight excluding hydrogens is 270 g/mol. The van der Waals surface area contributed by atoms with Gasteiger partial charge in [-0.15, -0.1) is 0 Å². The third kappa shape index (κ3) is 2.44. The fourth-order valence-corrected chi connectivity index (χ4v) is 4.03. The minimum Gasteiger partial charge on any atom is -0.493 e. The number of fused-ring (bicyclic) bond motifs is 3. The van der Waals surface area contributed by atoms with E-state index in [-0.39, 0.29) is 0 Å². The Balaban J connectivity index is 2.12. The van der Waals surface area contributed by atoms with Gasteiger partial charge < -0.3 is 10.1 Å². The maximum absolute atomic E-state index is 6.63. The second kappa shape index (κ2) is 5.23. The molecule has 1 aliphatic heterocycles. The Kier molecular flexibility index (Phi) is 3.72. The highest BCUT2D eigenvalue weighted by Crippen LogP contribution is 2.47. The number of halogens is 1. The summed E-state index contributed by atoms with van der Waals surface area (Å²) in [6.45, 7) is 8.65. The minimum atomic E-state index is 0.334. The highest BCUT2D eigenvalue weighted by molar-refractivity contribution is 6.31. The molecule has 0 bridgehead atoms. The Bertz CT molecular complexity index is 524. The van der Waals surface area contributed by atoms with E-state index in [1.807, 2.05) is 0 Å². The van der Waals surface area contributed by atoms with E-state index in [1.165, 1.54) is 23.1 Å². The predicted molar refractivity (Wildman–Crippen MR) is 83.8 cm³/mol. The first-order valence-electron chi connectivity index (χ1n) is 7.72. The molecule has 3 rings (SSSR count). The van der Waals surface area contributed by atoms with Crippen molar-refractivity contribution in [1.82, 2.24) is 5.32 Å². The Hall–Kier alpha value is -0.730. The summed E-state index contributed by atoms with van der Waals surface area (Å²) in [7, 11) is 0. The molecule has 0 fully saturated rings. The van der Waals surface area contributed by atoms with Gasteiger partial charge in [-0.05, 0) is 48.4 Å². The van der Waals surface area contributed by atoms with E-state index in [0.29, 0.717) is 11.5 Å². The van der Waals surface area contributed by atoms with Crippen LogP contribution < -0.4 is 10.1 Å². The van der Waals surface area contributed by atoms with Crippen molar-refractivity contribution in [3.05, 3.63) is 27.8 Å². The van der Waals surface area contributed by atoms with Crippen LogP contribution in [0.15, 0.2) is 6.07 Å². The van der Waals surface area contributed by atoms with Crippen LogP contribution in [-0.4, -0.2) is 13.2 Å². The molecule has 0 saturated carbocycles. The predicted octanol–water partition coefficient (Wildman–Crippen LogP) is 4.29. The van der Waals surface area contributed by atoms with E-state index in [9.17, 15) is 0 Å². The molecule has 1 aromatic carbocycles. The quantitative estimate of drug-likeness (QED) is 0.822. The average molecular weight is 294 g/mol. The number of hydrogen-bond acceptors (Lipinski definition) is 2. The lowest BCUT2D eigenvalue weighted by atomic mass is 9.83. The Morgan fingerprint density at radius 1 is 1.40 bits per heavy atom. The first-order chi connectivity index (χ1) is 9.52. The minimum absolute atomic E-state index is 0.334. The van der Waals surface area contributed by atoms with Gasteiger partial charge >= 0.3 is 0 Å². The van der Waals surface area contributed by atoms with Crippen molar-refractivity contribution >= 4 is 11.6 Å². The van der Waals surface area contributed by atoms with Crippen molar-refractivity contribution in [2.75, 3.05) is 13.2 Å². The highest BCUT2D eigenvalue weighted by atomic mass is 35.5. The van der Waals surface area contributed by atoms with Crippen LogP contribution in [0.2, 0.25) is 5.02 Å². The van der Waals surface area contributed by atoms with E-state index >= 15 is 0 Å². The highest BCUT2D eigenvalue weighted by Gasteiger charge is 2.34. The van der Waals surface area contributed by atoms with Gasteiger partial charge in [0.2, 0.25) is 0 Å². The summed E-state index contributed by atoms with van der Waals surface area (Å²) in [5, 5.41) is 4.55. The second-order valence-corrected chi connectivity index (χ2v) is 7.22. The van der Waals surface area contributed by atoms with Gasteiger partial charge in [-0.2, -0.15) is 0 Å². The van der Waals surface area contributed by atoms with Crippen molar-refractivity contribution in [3.63, 3.8) is 0 Å². The molecule has 0 amide bonds. The molecule has 1 unspecified atom stereocenters. The number of hydrogen-bond donors (Lipinski definition) is 1. The third-order valence-corrected chi connectivity index (χ3v) is 4.99. The summed E-state index contributed by atoms with van der Waals surface area (Å²) >= 11 is 6.63. The molecule has 1 aromatic rings. The van der Waals surface area contributed by atoms with Crippen LogP contribution in [0, 0.1) is 5.41 Å². The lowest BCUT2D eigenvalue weighted by molar-refractivity contribution is 0.275. The molecule has 3 heteroatoms. The molecule has 1 atom stereocenters. The molecule has 1 heterocycles. The van der Waals surface area contributed by atoms with Crippen molar-refractivity contribution in [2.24, 2.45) is 5.41 Å². The van der Waals surface area contributed by atoms with Gasteiger partial charge in [-0.1, -0.05) is 32.4 Å². The summed E-state index contributed by atoms with van der Waals surface area (Å²) in [5.41, 5.74) is 4.28. The van der Waals surface area contributed by atoms with E-state index in [1.54, 1.807) is 0 Å². The molecular formula is C17H24ClNO. The largest absolute Gasteiger partial charge is 0.493 e. The molecule has 0 aromatic heterocycles. The number of nitrogens with one attached hydrogen (secondary N) is 1. The van der Waals surface area contributed by atoms with Crippen LogP contribution in [0.3, 0.4) is 0 Å². The fourth-order valence-electron chi connectivity index (χ4n) is 3.65. The summed E-state index contributed by atoms with van der Waals surface area (Å²) in [6.07, 6.45) is 4.40. The van der Waals surface area contributed by atoms with Crippen LogP contribution in [0.1, 0.15) is 56.3 Å². The summed E-state index contributed by atoms with van der Waals surface area (Å²) in [4.78, 5) is 0. The van der Waals surface area contributed by atoms with E-state index in [4.69, 9.17) is 16.3 Å². The van der Waals surface area contributed by atoms with Crippen LogP contribution >= 0.6 is 11.6 Å². The lowest BCUT2D eigenvalue weighted by Crippen LogP contribution is -2.26. The van der Waals surface area contributed by atoms with Crippen molar-refractivity contribution < 1.29 is 4.74 Å². The van der Waals surface area contributed by atoms with Crippen LogP contribution in [-0.2, 0) is 12.8 Å². The molecule has 1 aliphatic carbocycles. The summed E-state index contributed by atoms with van der Waals surface area (Å²) in [5.74, 6) is 1.13. The second-order valence-electron chi connectivity index (χ2n) is 6.82. The first-order valence-corrected chi connectivity index (χ1v) is 8.10. The first kappa shape index (κ1) is 14.2. The normalized spacial score (nSPS) is 23.7. The molecule has 110 valence electrons. The average Bonchev–Trinajstić information content (AvgIpc) is 2.77. The van der Waals surface area contributed by atoms with Gasteiger partial charge in [0.25, 0.3) is 0 Å². The van der Waals surface area contributed by atoms with Crippen molar-refractivity contribution in [3.8, 4) is 5.75 Å². The molecule has 2 nitrogen and oxygen atoms in total. The number of benzene rings is 1. The zero-order chi connectivity index (χ0) is 14.3. The van der Waals surface area contributed by atoms with E-state index in [2.05, 4.69) is 32.2 Å². The maximum Gasteiger partial charge on any atom is 0.126 e. The van der Waals surface area contributed by atoms with Gasteiger partial charge in [0, 0.05) is 23.0 Å². The molecule has 0 spiro atoms. The lowest BCUT2D eigenvalue weighted by Gasteiger charge is -2.28. The van der Waals surface area contributed by atoms with Crippen molar-refractivity contribution in [2.45, 2.75) is 52.5 Å². The number of rotatable bonds is 2. The van der Waals surface area contributed by atoms with Gasteiger partial charge in [-0.25, -0.2) is 0 Å². The summed E-state index contributed by atoms with van der Waals surface area (Å²) in [6, 6.07) is 2.47. The zero-order valence-electron chi connectivity index (χ0n) is 12.7. The topological polar surface area (TPSA) is 21.3 Å². The maximum atomic E-state index is 6.63. The smallest absolute Gasteiger partial charge is 0.126 e. The Morgan fingerprint density at radius 3 is 2.95 bits per heavy atom. The molecule has 20 heavy (non-hydrogen) atoms. The Labute approximate surface area is 126 Å². The van der Waals surface area contributed by atoms with Crippen LogP contribution in [0.25, 0.3) is 0 Å². The van der Waals surface area contributed by atoms with Gasteiger partial charge in [0.05, 0.1) is 6.61 Å². The van der Waals surface area contributed by atoms with E-state index < -0.39 is 0 Å².